The monoisotopic (exact) mass is 115 g/mol. The van der Waals surface area contributed by atoms with Gasteiger partial charge in [0.25, 0.3) is 0 Å². The molecule has 0 aromatic carbocycles. The molecule has 0 amide bonds. The molecule has 0 heterocycles. The molecule has 0 aromatic rings. The predicted octanol–water partition coefficient (Wildman–Crippen LogP) is 0.324. The predicted molar refractivity (Wildman–Crippen MR) is 30.2 cm³/mol. The van der Waals surface area contributed by atoms with E-state index in [2.05, 4.69) is 0 Å². The van der Waals surface area contributed by atoms with Crippen molar-refractivity contribution in [3.63, 3.8) is 0 Å². The first-order chi connectivity index (χ1) is 3.66. The van der Waals surface area contributed by atoms with E-state index in [1.54, 1.807) is 13.0 Å². The first-order valence-electron chi connectivity index (χ1n) is 2.29. The number of allylic oxidation sites excluding steroid dienone is 1. The highest BCUT2D eigenvalue weighted by Gasteiger charge is 1.95. The minimum absolute atomic E-state index is 0.0590. The average Bonchev–Trinajstić information content (AvgIpc) is 1.65. The van der Waals surface area contributed by atoms with Crippen molar-refractivity contribution in [2.45, 2.75) is 13.3 Å². The lowest BCUT2D eigenvalue weighted by molar-refractivity contribution is -0.136. The second-order valence-corrected chi connectivity index (χ2v) is 1.43. The fourth-order valence-electron chi connectivity index (χ4n) is 0.277. The summed E-state index contributed by atoms with van der Waals surface area (Å²) in [6, 6.07) is 0. The van der Waals surface area contributed by atoms with Gasteiger partial charge in [-0.2, -0.15) is 0 Å². The van der Waals surface area contributed by atoms with Gasteiger partial charge in [0.2, 0.25) is 0 Å². The maximum absolute atomic E-state index is 9.85. The van der Waals surface area contributed by atoms with Crippen LogP contribution in [0.3, 0.4) is 0 Å². The molecule has 0 rings (SSSR count). The zero-order valence-electron chi connectivity index (χ0n) is 4.72. The van der Waals surface area contributed by atoms with E-state index >= 15 is 0 Å². The summed E-state index contributed by atoms with van der Waals surface area (Å²) >= 11 is 0. The molecule has 3 N–H and O–H groups in total. The molecule has 0 saturated heterocycles. The average molecular weight is 115 g/mol. The van der Waals surface area contributed by atoms with Crippen molar-refractivity contribution in [3.8, 4) is 0 Å². The number of carboxylic acids is 1. The summed E-state index contributed by atoms with van der Waals surface area (Å²) in [5, 5.41) is 8.09. The first kappa shape index (κ1) is 7.01. The Bertz CT molecular complexity index is 118. The van der Waals surface area contributed by atoms with Crippen LogP contribution >= 0.6 is 0 Å². The summed E-state index contributed by atoms with van der Waals surface area (Å²) in [6.07, 6.45) is 1.52. The van der Waals surface area contributed by atoms with E-state index in [0.717, 1.165) is 0 Å². The number of carbonyl (C=O) groups is 1. The number of hydrogen-bond donors (Lipinski definition) is 2. The van der Waals surface area contributed by atoms with Crippen LogP contribution in [0.2, 0.25) is 0 Å². The highest BCUT2D eigenvalue weighted by atomic mass is 16.4. The third-order valence-corrected chi connectivity index (χ3v) is 0.726. The maximum atomic E-state index is 9.85. The summed E-state index contributed by atoms with van der Waals surface area (Å²) in [7, 11) is 0. The highest BCUT2D eigenvalue weighted by molar-refractivity contribution is 5.69. The van der Waals surface area contributed by atoms with Crippen LogP contribution in [0.1, 0.15) is 13.3 Å². The lowest BCUT2D eigenvalue weighted by Gasteiger charge is -1.90. The van der Waals surface area contributed by atoms with E-state index in [0.29, 0.717) is 5.70 Å². The lowest BCUT2D eigenvalue weighted by atomic mass is 10.3. The Hall–Kier alpha value is -0.990. The third-order valence-electron chi connectivity index (χ3n) is 0.726. The summed E-state index contributed by atoms with van der Waals surface area (Å²) in [6.45, 7) is 1.71. The molecule has 0 aliphatic carbocycles. The van der Waals surface area contributed by atoms with Crippen LogP contribution in [0.15, 0.2) is 11.8 Å². The molecule has 0 saturated carbocycles. The minimum atomic E-state index is -0.888. The molecular weight excluding hydrogens is 106 g/mol. The molecule has 0 spiro atoms. The van der Waals surface area contributed by atoms with Gasteiger partial charge in [0.05, 0.1) is 6.42 Å². The third kappa shape index (κ3) is 3.21. The van der Waals surface area contributed by atoms with E-state index in [1.165, 1.54) is 0 Å². The van der Waals surface area contributed by atoms with E-state index in [9.17, 15) is 4.79 Å². The topological polar surface area (TPSA) is 63.3 Å². The van der Waals surface area contributed by atoms with Crippen LogP contribution in [0, 0.1) is 0 Å². The molecule has 8 heavy (non-hydrogen) atoms. The quantitative estimate of drug-likeness (QED) is 0.544. The number of nitrogens with two attached hydrogens (primary N) is 1. The number of carboxylic acid groups (broad SMARTS) is 1. The van der Waals surface area contributed by atoms with E-state index in [-0.39, 0.29) is 6.42 Å². The molecule has 0 unspecified atom stereocenters. The summed E-state index contributed by atoms with van der Waals surface area (Å²) in [5.41, 5.74) is 5.55. The Labute approximate surface area is 47.8 Å². The molecule has 0 aliphatic heterocycles. The minimum Gasteiger partial charge on any atom is -0.481 e. The van der Waals surface area contributed by atoms with Crippen molar-refractivity contribution in [2.24, 2.45) is 5.73 Å². The summed E-state index contributed by atoms with van der Waals surface area (Å²) < 4.78 is 0. The van der Waals surface area contributed by atoms with Crippen LogP contribution in [-0.4, -0.2) is 11.1 Å². The number of hydrogen-bond acceptors (Lipinski definition) is 2. The van der Waals surface area contributed by atoms with Crippen LogP contribution in [0.4, 0.5) is 0 Å². The van der Waals surface area contributed by atoms with Crippen LogP contribution in [0.25, 0.3) is 0 Å². The Morgan fingerprint density at radius 2 is 2.38 bits per heavy atom. The molecule has 3 nitrogen and oxygen atoms in total. The molecule has 3 heteroatoms. The zero-order valence-corrected chi connectivity index (χ0v) is 4.72. The number of rotatable bonds is 2. The van der Waals surface area contributed by atoms with Crippen molar-refractivity contribution < 1.29 is 9.90 Å². The fraction of sp³-hybridized carbons (Fsp3) is 0.400. The largest absolute Gasteiger partial charge is 0.481 e. The molecule has 0 radical (unpaired) electrons. The van der Waals surface area contributed by atoms with Gasteiger partial charge in [-0.1, -0.05) is 6.08 Å². The summed E-state index contributed by atoms with van der Waals surface area (Å²) in [4.78, 5) is 9.85. The maximum Gasteiger partial charge on any atom is 0.309 e. The Balaban J connectivity index is 3.56. The highest BCUT2D eigenvalue weighted by Crippen LogP contribution is 1.89. The van der Waals surface area contributed by atoms with E-state index in [4.69, 9.17) is 10.8 Å². The molecule has 0 bridgehead atoms. The Morgan fingerprint density at radius 3 is 2.50 bits per heavy atom. The van der Waals surface area contributed by atoms with Gasteiger partial charge in [-0.3, -0.25) is 4.79 Å². The molecule has 0 aliphatic rings. The lowest BCUT2D eigenvalue weighted by Crippen LogP contribution is -2.03. The van der Waals surface area contributed by atoms with Gasteiger partial charge in [-0.05, 0) is 6.92 Å². The molecule has 0 atom stereocenters. The van der Waals surface area contributed by atoms with Crippen molar-refractivity contribution in [1.82, 2.24) is 0 Å². The van der Waals surface area contributed by atoms with Crippen LogP contribution in [0.5, 0.6) is 0 Å². The smallest absolute Gasteiger partial charge is 0.309 e. The second-order valence-electron chi connectivity index (χ2n) is 1.43. The van der Waals surface area contributed by atoms with Gasteiger partial charge in [0.1, 0.15) is 0 Å². The van der Waals surface area contributed by atoms with E-state index in [1.807, 2.05) is 0 Å². The zero-order chi connectivity index (χ0) is 6.57. The van der Waals surface area contributed by atoms with Crippen molar-refractivity contribution in [2.75, 3.05) is 0 Å². The van der Waals surface area contributed by atoms with Gasteiger partial charge in [-0.25, -0.2) is 0 Å². The molecule has 46 valence electrons. The van der Waals surface area contributed by atoms with Gasteiger partial charge in [0, 0.05) is 5.70 Å². The fourth-order valence-corrected chi connectivity index (χ4v) is 0.277. The SMILES string of the molecule is CC=C(N)CC(=O)O. The molecule has 0 fully saturated rings. The van der Waals surface area contributed by atoms with Gasteiger partial charge in [0.15, 0.2) is 0 Å². The van der Waals surface area contributed by atoms with Crippen molar-refractivity contribution in [3.05, 3.63) is 11.8 Å². The van der Waals surface area contributed by atoms with Crippen molar-refractivity contribution in [1.29, 1.82) is 0 Å². The van der Waals surface area contributed by atoms with Crippen LogP contribution in [-0.2, 0) is 4.79 Å². The number of aliphatic carboxylic acids is 1. The van der Waals surface area contributed by atoms with Gasteiger partial charge in [-0.15, -0.1) is 0 Å². The standard InChI is InChI=1S/C5H9NO2/c1-2-4(6)3-5(7)8/h2H,3,6H2,1H3,(H,7,8). The van der Waals surface area contributed by atoms with Gasteiger partial charge < -0.3 is 10.8 Å². The van der Waals surface area contributed by atoms with Crippen molar-refractivity contribution >= 4 is 5.97 Å². The normalized spacial score (nSPS) is 11.4. The second kappa shape index (κ2) is 3.07. The molecular formula is C5H9NO2. The summed E-state index contributed by atoms with van der Waals surface area (Å²) in [5.74, 6) is -0.888. The first-order valence-corrected chi connectivity index (χ1v) is 2.29. The molecule has 0 aromatic heterocycles. The van der Waals surface area contributed by atoms with Crippen LogP contribution < -0.4 is 5.73 Å². The van der Waals surface area contributed by atoms with E-state index < -0.39 is 5.97 Å². The Kier molecular flexibility index (Phi) is 2.69. The Morgan fingerprint density at radius 1 is 1.88 bits per heavy atom. The van der Waals surface area contributed by atoms with Gasteiger partial charge >= 0.3 is 5.97 Å².